The van der Waals surface area contributed by atoms with Gasteiger partial charge in [-0.15, -0.1) is 0 Å². The van der Waals surface area contributed by atoms with E-state index >= 15 is 0 Å². The Balaban J connectivity index is 1.73. The van der Waals surface area contributed by atoms with Crippen molar-refractivity contribution in [2.24, 2.45) is 0 Å². The number of nitrogens with zero attached hydrogens (tertiary/aromatic N) is 2. The highest BCUT2D eigenvalue weighted by molar-refractivity contribution is 7.89. The van der Waals surface area contributed by atoms with E-state index in [1.807, 2.05) is 0 Å². The molecule has 7 nitrogen and oxygen atoms in total. The number of rotatable bonds is 5. The molecule has 1 atom stereocenters. The van der Waals surface area contributed by atoms with Crippen molar-refractivity contribution in [2.45, 2.75) is 36.9 Å². The van der Waals surface area contributed by atoms with Gasteiger partial charge in [-0.05, 0) is 31.0 Å². The van der Waals surface area contributed by atoms with E-state index in [9.17, 15) is 21.6 Å². The van der Waals surface area contributed by atoms with Gasteiger partial charge in [0.2, 0.25) is 10.0 Å². The molecule has 0 amide bonds. The van der Waals surface area contributed by atoms with Crippen molar-refractivity contribution in [2.75, 3.05) is 13.2 Å². The number of aryl methyl sites for hydroxylation is 1. The number of aromatic nitrogens is 3. The van der Waals surface area contributed by atoms with Crippen LogP contribution < -0.4 is 4.72 Å². The Morgan fingerprint density at radius 1 is 1.38 bits per heavy atom. The summed E-state index contributed by atoms with van der Waals surface area (Å²) in [5.41, 5.74) is -1.03. The molecule has 0 bridgehead atoms. The molecule has 1 aromatic heterocycles. The molecule has 26 heavy (non-hydrogen) atoms. The molecule has 1 fully saturated rings. The van der Waals surface area contributed by atoms with Crippen LogP contribution >= 0.6 is 0 Å². The lowest BCUT2D eigenvalue weighted by Crippen LogP contribution is -2.24. The molecule has 0 saturated carbocycles. The van der Waals surface area contributed by atoms with E-state index in [1.54, 1.807) is 0 Å². The zero-order valence-electron chi connectivity index (χ0n) is 13.8. The van der Waals surface area contributed by atoms with E-state index in [4.69, 9.17) is 4.74 Å². The third kappa shape index (κ3) is 4.05. The van der Waals surface area contributed by atoms with Gasteiger partial charge in [-0.2, -0.15) is 18.3 Å². The lowest BCUT2D eigenvalue weighted by atomic mass is 10.1. The molecule has 0 aliphatic carbocycles. The zero-order chi connectivity index (χ0) is 18.9. The Hall–Kier alpha value is -1.98. The topological polar surface area (TPSA) is 97.0 Å². The molecule has 1 aliphatic heterocycles. The molecule has 0 spiro atoms. The van der Waals surface area contributed by atoms with Crippen molar-refractivity contribution in [1.82, 2.24) is 19.9 Å². The summed E-state index contributed by atoms with van der Waals surface area (Å²) in [6.45, 7) is 2.19. The van der Waals surface area contributed by atoms with Gasteiger partial charge in [-0.25, -0.2) is 18.1 Å². The maximum absolute atomic E-state index is 13.0. The summed E-state index contributed by atoms with van der Waals surface area (Å²) in [7, 11) is -4.13. The van der Waals surface area contributed by atoms with E-state index in [2.05, 4.69) is 19.9 Å². The van der Waals surface area contributed by atoms with Gasteiger partial charge in [-0.1, -0.05) is 6.07 Å². The number of aromatic amines is 1. The second-order valence-corrected chi connectivity index (χ2v) is 7.77. The van der Waals surface area contributed by atoms with Gasteiger partial charge in [-0.3, -0.25) is 5.10 Å². The van der Waals surface area contributed by atoms with Crippen molar-refractivity contribution < 1.29 is 26.3 Å². The van der Waals surface area contributed by atoms with Gasteiger partial charge in [0, 0.05) is 12.5 Å². The van der Waals surface area contributed by atoms with Crippen molar-refractivity contribution >= 4 is 10.0 Å². The number of nitrogens with one attached hydrogen (secondary N) is 2. The predicted octanol–water partition coefficient (Wildman–Crippen LogP) is 2.11. The first-order valence-electron chi connectivity index (χ1n) is 7.83. The fraction of sp³-hybridized carbons (Fsp3) is 0.467. The van der Waals surface area contributed by atoms with Crippen LogP contribution in [0.2, 0.25) is 0 Å². The van der Waals surface area contributed by atoms with E-state index in [1.165, 1.54) is 6.92 Å². The smallest absolute Gasteiger partial charge is 0.381 e. The van der Waals surface area contributed by atoms with Gasteiger partial charge >= 0.3 is 6.18 Å². The highest BCUT2D eigenvalue weighted by atomic mass is 32.2. The third-order valence-corrected chi connectivity index (χ3v) is 5.50. The average Bonchev–Trinajstić information content (AvgIpc) is 3.23. The molecule has 11 heteroatoms. The first-order chi connectivity index (χ1) is 12.2. The molecule has 3 rings (SSSR count). The number of halogens is 3. The van der Waals surface area contributed by atoms with Crippen LogP contribution in [0.1, 0.15) is 35.1 Å². The summed E-state index contributed by atoms with van der Waals surface area (Å²) in [5, 5.41) is 6.66. The Kier molecular flexibility index (Phi) is 5.04. The molecule has 1 saturated heterocycles. The van der Waals surface area contributed by atoms with E-state index < -0.39 is 26.7 Å². The molecular formula is C15H17F3N4O3S. The second-order valence-electron chi connectivity index (χ2n) is 6.00. The summed E-state index contributed by atoms with van der Waals surface area (Å²) in [6.07, 6.45) is -3.84. The Morgan fingerprint density at radius 3 is 2.81 bits per heavy atom. The van der Waals surface area contributed by atoms with Crippen LogP contribution in [-0.2, 0) is 27.5 Å². The van der Waals surface area contributed by atoms with Crippen LogP contribution in [0.3, 0.4) is 0 Å². The van der Waals surface area contributed by atoms with Crippen LogP contribution in [0, 0.1) is 6.92 Å². The first-order valence-corrected chi connectivity index (χ1v) is 9.31. The number of sulfonamides is 1. The summed E-state index contributed by atoms with van der Waals surface area (Å²) < 4.78 is 71.0. The van der Waals surface area contributed by atoms with Gasteiger partial charge in [0.15, 0.2) is 5.82 Å². The monoisotopic (exact) mass is 390 g/mol. The SMILES string of the molecule is Cc1ccc(S(=O)(=O)NCc2nc(C3CCOC3)n[nH]2)cc1C(F)(F)F. The minimum Gasteiger partial charge on any atom is -0.381 e. The van der Waals surface area contributed by atoms with Crippen LogP contribution in [0.4, 0.5) is 13.2 Å². The van der Waals surface area contributed by atoms with Crippen LogP contribution in [-0.4, -0.2) is 36.8 Å². The minimum absolute atomic E-state index is 0.0462. The molecule has 2 N–H and O–H groups in total. The lowest BCUT2D eigenvalue weighted by molar-refractivity contribution is -0.138. The number of benzene rings is 1. The first kappa shape index (κ1) is 18.8. The Morgan fingerprint density at radius 2 is 2.15 bits per heavy atom. The normalized spacial score (nSPS) is 18.4. The van der Waals surface area contributed by atoms with E-state index in [-0.39, 0.29) is 23.9 Å². The Labute approximate surface area is 148 Å². The highest BCUT2D eigenvalue weighted by Crippen LogP contribution is 2.33. The fourth-order valence-electron chi connectivity index (χ4n) is 2.63. The van der Waals surface area contributed by atoms with Crippen LogP contribution in [0.15, 0.2) is 23.1 Å². The summed E-state index contributed by atoms with van der Waals surface area (Å²) in [6, 6.07) is 2.89. The zero-order valence-corrected chi connectivity index (χ0v) is 14.6. The molecule has 1 aliphatic rings. The number of hydrogen-bond acceptors (Lipinski definition) is 5. The van der Waals surface area contributed by atoms with Gasteiger partial charge in [0.05, 0.1) is 23.6 Å². The van der Waals surface area contributed by atoms with Crippen LogP contribution in [0.5, 0.6) is 0 Å². The molecule has 0 radical (unpaired) electrons. The maximum Gasteiger partial charge on any atom is 0.416 e. The minimum atomic E-state index is -4.63. The fourth-order valence-corrected chi connectivity index (χ4v) is 3.64. The third-order valence-electron chi connectivity index (χ3n) is 4.10. The molecule has 1 aromatic carbocycles. The molecule has 1 unspecified atom stereocenters. The second kappa shape index (κ2) is 6.97. The summed E-state index contributed by atoms with van der Waals surface area (Å²) in [5.74, 6) is 0.869. The standard InChI is InChI=1S/C15H17F3N4O3S/c1-9-2-3-11(6-12(9)15(16,17)18)26(23,24)19-7-13-20-14(22-21-13)10-4-5-25-8-10/h2-3,6,10,19H,4-5,7-8H2,1H3,(H,20,21,22). The Bertz CT molecular complexity index is 890. The van der Waals surface area contributed by atoms with Crippen LogP contribution in [0.25, 0.3) is 0 Å². The number of hydrogen-bond donors (Lipinski definition) is 2. The van der Waals surface area contributed by atoms with Crippen molar-refractivity contribution in [3.63, 3.8) is 0 Å². The molecule has 2 heterocycles. The lowest BCUT2D eigenvalue weighted by Gasteiger charge is -2.12. The summed E-state index contributed by atoms with van der Waals surface area (Å²) >= 11 is 0. The predicted molar refractivity (Wildman–Crippen MR) is 84.8 cm³/mol. The molecular weight excluding hydrogens is 373 g/mol. The van der Waals surface area contributed by atoms with Gasteiger partial charge < -0.3 is 4.74 Å². The molecule has 2 aromatic rings. The van der Waals surface area contributed by atoms with E-state index in [0.29, 0.717) is 25.1 Å². The highest BCUT2D eigenvalue weighted by Gasteiger charge is 2.33. The van der Waals surface area contributed by atoms with Gasteiger partial charge in [0.25, 0.3) is 0 Å². The quantitative estimate of drug-likeness (QED) is 0.815. The summed E-state index contributed by atoms with van der Waals surface area (Å²) in [4.78, 5) is 3.75. The van der Waals surface area contributed by atoms with Crippen molar-refractivity contribution in [1.29, 1.82) is 0 Å². The maximum atomic E-state index is 13.0. The van der Waals surface area contributed by atoms with Gasteiger partial charge in [0.1, 0.15) is 5.82 Å². The van der Waals surface area contributed by atoms with Crippen molar-refractivity contribution in [3.8, 4) is 0 Å². The largest absolute Gasteiger partial charge is 0.416 e. The number of H-pyrrole nitrogens is 1. The number of alkyl halides is 3. The van der Waals surface area contributed by atoms with Crippen molar-refractivity contribution in [3.05, 3.63) is 41.0 Å². The average molecular weight is 390 g/mol. The number of ether oxygens (including phenoxy) is 1. The molecule has 142 valence electrons. The van der Waals surface area contributed by atoms with E-state index in [0.717, 1.165) is 18.6 Å².